The van der Waals surface area contributed by atoms with Gasteiger partial charge in [-0.1, -0.05) is 36.4 Å². The third kappa shape index (κ3) is 3.42. The summed E-state index contributed by atoms with van der Waals surface area (Å²) in [6.45, 7) is 9.14. The molecule has 0 amide bonds. The Balaban J connectivity index is 1.89. The number of hydrogen-bond acceptors (Lipinski definition) is 3. The van der Waals surface area contributed by atoms with E-state index in [9.17, 15) is 0 Å². The summed E-state index contributed by atoms with van der Waals surface area (Å²) in [6, 6.07) is 10.4. The molecular formula is C15H21NO2. The summed E-state index contributed by atoms with van der Waals surface area (Å²) in [5, 5.41) is 3.44. The Morgan fingerprint density at radius 1 is 1.44 bits per heavy atom. The van der Waals surface area contributed by atoms with Crippen molar-refractivity contribution in [1.29, 1.82) is 0 Å². The van der Waals surface area contributed by atoms with Gasteiger partial charge in [-0.3, -0.25) is 0 Å². The molecule has 0 saturated carbocycles. The molecule has 2 atom stereocenters. The molecule has 1 saturated heterocycles. The number of nitrogens with one attached hydrogen (secondary N) is 1. The zero-order valence-electron chi connectivity index (χ0n) is 11.1. The van der Waals surface area contributed by atoms with Crippen LogP contribution in [0.25, 0.3) is 0 Å². The minimum atomic E-state index is -0.486. The Morgan fingerprint density at radius 2 is 2.17 bits per heavy atom. The van der Waals surface area contributed by atoms with E-state index in [4.69, 9.17) is 9.47 Å². The molecule has 0 unspecified atom stereocenters. The van der Waals surface area contributed by atoms with E-state index in [1.165, 1.54) is 5.56 Å². The first kappa shape index (κ1) is 13.3. The first-order chi connectivity index (χ1) is 8.61. The molecule has 1 fully saturated rings. The van der Waals surface area contributed by atoms with Crippen molar-refractivity contribution in [1.82, 2.24) is 5.32 Å². The summed E-state index contributed by atoms with van der Waals surface area (Å²) in [7, 11) is 0. The molecule has 1 aliphatic heterocycles. The largest absolute Gasteiger partial charge is 0.348 e. The van der Waals surface area contributed by atoms with Crippen LogP contribution in [0.15, 0.2) is 43.0 Å². The van der Waals surface area contributed by atoms with Crippen LogP contribution in [0.3, 0.4) is 0 Å². The summed E-state index contributed by atoms with van der Waals surface area (Å²) in [4.78, 5) is 0. The lowest BCUT2D eigenvalue weighted by molar-refractivity contribution is -0.140. The Labute approximate surface area is 109 Å². The zero-order valence-corrected chi connectivity index (χ0v) is 11.1. The fourth-order valence-electron chi connectivity index (χ4n) is 2.09. The highest BCUT2D eigenvalue weighted by Crippen LogP contribution is 2.24. The predicted octanol–water partition coefficient (Wildman–Crippen LogP) is 2.48. The van der Waals surface area contributed by atoms with Gasteiger partial charge in [-0.15, -0.1) is 6.58 Å². The van der Waals surface area contributed by atoms with Gasteiger partial charge < -0.3 is 14.8 Å². The summed E-state index contributed by atoms with van der Waals surface area (Å²) in [5.74, 6) is -0.486. The van der Waals surface area contributed by atoms with Crippen molar-refractivity contribution in [3.05, 3.63) is 48.6 Å². The first-order valence-corrected chi connectivity index (χ1v) is 6.32. The van der Waals surface area contributed by atoms with Gasteiger partial charge in [0.2, 0.25) is 0 Å². The minimum Gasteiger partial charge on any atom is -0.348 e. The SMILES string of the molecule is C=C[C@H](NCc1ccccc1)[C@H]1COC(C)(C)O1. The Hall–Kier alpha value is -1.16. The van der Waals surface area contributed by atoms with Gasteiger partial charge in [-0.05, 0) is 19.4 Å². The van der Waals surface area contributed by atoms with E-state index in [-0.39, 0.29) is 12.1 Å². The fraction of sp³-hybridized carbons (Fsp3) is 0.467. The van der Waals surface area contributed by atoms with Crippen LogP contribution in [0, 0.1) is 0 Å². The molecule has 1 aromatic rings. The molecule has 1 aromatic carbocycles. The van der Waals surface area contributed by atoms with Crippen molar-refractivity contribution >= 4 is 0 Å². The van der Waals surface area contributed by atoms with Crippen LogP contribution < -0.4 is 5.32 Å². The van der Waals surface area contributed by atoms with Gasteiger partial charge in [-0.2, -0.15) is 0 Å². The number of rotatable bonds is 5. The van der Waals surface area contributed by atoms with Crippen LogP contribution in [-0.4, -0.2) is 24.5 Å². The molecule has 0 bridgehead atoms. The quantitative estimate of drug-likeness (QED) is 0.811. The summed E-state index contributed by atoms with van der Waals surface area (Å²) in [6.07, 6.45) is 1.92. The van der Waals surface area contributed by atoms with Crippen molar-refractivity contribution in [2.75, 3.05) is 6.61 Å². The van der Waals surface area contributed by atoms with Gasteiger partial charge >= 0.3 is 0 Å². The smallest absolute Gasteiger partial charge is 0.163 e. The molecule has 0 spiro atoms. The van der Waals surface area contributed by atoms with Crippen LogP contribution in [-0.2, 0) is 16.0 Å². The normalized spacial score (nSPS) is 23.8. The predicted molar refractivity (Wildman–Crippen MR) is 72.2 cm³/mol. The lowest BCUT2D eigenvalue weighted by Crippen LogP contribution is -2.40. The molecule has 1 aliphatic rings. The van der Waals surface area contributed by atoms with E-state index in [0.717, 1.165) is 6.54 Å². The summed E-state index contributed by atoms with van der Waals surface area (Å²) in [5.41, 5.74) is 1.25. The van der Waals surface area contributed by atoms with Crippen molar-refractivity contribution in [3.8, 4) is 0 Å². The average molecular weight is 247 g/mol. The Kier molecular flexibility index (Phi) is 4.17. The maximum Gasteiger partial charge on any atom is 0.163 e. The van der Waals surface area contributed by atoms with Crippen LogP contribution in [0.4, 0.5) is 0 Å². The monoisotopic (exact) mass is 247 g/mol. The Morgan fingerprint density at radius 3 is 2.72 bits per heavy atom. The van der Waals surface area contributed by atoms with Crippen molar-refractivity contribution < 1.29 is 9.47 Å². The molecular weight excluding hydrogens is 226 g/mol. The summed E-state index contributed by atoms with van der Waals surface area (Å²) >= 11 is 0. The van der Waals surface area contributed by atoms with E-state index < -0.39 is 5.79 Å². The van der Waals surface area contributed by atoms with Crippen LogP contribution in [0.2, 0.25) is 0 Å². The van der Waals surface area contributed by atoms with Gasteiger partial charge in [-0.25, -0.2) is 0 Å². The highest BCUT2D eigenvalue weighted by molar-refractivity contribution is 5.14. The minimum absolute atomic E-state index is 0.0289. The fourth-order valence-corrected chi connectivity index (χ4v) is 2.09. The maximum atomic E-state index is 5.83. The standard InChI is InChI=1S/C15H21NO2/c1-4-13(14-11-17-15(2,3)18-14)16-10-12-8-6-5-7-9-12/h4-9,13-14,16H,1,10-11H2,2-3H3/t13-,14+/m0/s1. The molecule has 0 radical (unpaired) electrons. The first-order valence-electron chi connectivity index (χ1n) is 6.32. The second kappa shape index (κ2) is 5.65. The molecule has 3 heteroatoms. The van der Waals surface area contributed by atoms with Crippen molar-refractivity contribution in [2.24, 2.45) is 0 Å². The van der Waals surface area contributed by atoms with Crippen LogP contribution >= 0.6 is 0 Å². The van der Waals surface area contributed by atoms with Crippen LogP contribution in [0.5, 0.6) is 0 Å². The Bertz CT molecular complexity index is 389. The molecule has 1 N–H and O–H groups in total. The number of benzene rings is 1. The van der Waals surface area contributed by atoms with E-state index in [1.807, 2.05) is 38.1 Å². The second-order valence-electron chi connectivity index (χ2n) is 5.00. The highest BCUT2D eigenvalue weighted by atomic mass is 16.7. The second-order valence-corrected chi connectivity index (χ2v) is 5.00. The van der Waals surface area contributed by atoms with E-state index in [2.05, 4.69) is 24.0 Å². The molecule has 18 heavy (non-hydrogen) atoms. The van der Waals surface area contributed by atoms with Gasteiger partial charge in [0, 0.05) is 6.54 Å². The molecule has 1 heterocycles. The highest BCUT2D eigenvalue weighted by Gasteiger charge is 2.36. The van der Waals surface area contributed by atoms with Gasteiger partial charge in [0.25, 0.3) is 0 Å². The summed E-state index contributed by atoms with van der Waals surface area (Å²) < 4.78 is 11.4. The van der Waals surface area contributed by atoms with E-state index in [0.29, 0.717) is 6.61 Å². The van der Waals surface area contributed by atoms with E-state index >= 15 is 0 Å². The van der Waals surface area contributed by atoms with Crippen LogP contribution in [0.1, 0.15) is 19.4 Å². The maximum absolute atomic E-state index is 5.83. The lowest BCUT2D eigenvalue weighted by Gasteiger charge is -2.22. The topological polar surface area (TPSA) is 30.5 Å². The lowest BCUT2D eigenvalue weighted by atomic mass is 10.1. The van der Waals surface area contributed by atoms with Gasteiger partial charge in [0.1, 0.15) is 6.10 Å². The molecule has 3 nitrogen and oxygen atoms in total. The number of ether oxygens (including phenoxy) is 2. The van der Waals surface area contributed by atoms with Gasteiger partial charge in [0.05, 0.1) is 12.6 Å². The third-order valence-electron chi connectivity index (χ3n) is 3.07. The van der Waals surface area contributed by atoms with E-state index in [1.54, 1.807) is 0 Å². The van der Waals surface area contributed by atoms with Gasteiger partial charge in [0.15, 0.2) is 5.79 Å². The molecule has 0 aromatic heterocycles. The van der Waals surface area contributed by atoms with Crippen molar-refractivity contribution in [2.45, 2.75) is 38.3 Å². The average Bonchev–Trinajstić information content (AvgIpc) is 2.72. The molecule has 0 aliphatic carbocycles. The zero-order chi connectivity index (χ0) is 13.0. The number of hydrogen-bond donors (Lipinski definition) is 1. The molecule has 2 rings (SSSR count). The van der Waals surface area contributed by atoms with Crippen molar-refractivity contribution in [3.63, 3.8) is 0 Å². The third-order valence-corrected chi connectivity index (χ3v) is 3.07. The molecule has 98 valence electrons.